The molecule has 26 heavy (non-hydrogen) atoms. The van der Waals surface area contributed by atoms with E-state index in [9.17, 15) is 18.0 Å². The first-order chi connectivity index (χ1) is 12.3. The van der Waals surface area contributed by atoms with Crippen LogP contribution in [0.3, 0.4) is 0 Å². The van der Waals surface area contributed by atoms with Gasteiger partial charge in [0, 0.05) is 19.7 Å². The second-order valence-corrected chi connectivity index (χ2v) is 7.14. The largest absolute Gasteiger partial charge is 0.493 e. The van der Waals surface area contributed by atoms with Crippen LogP contribution in [0.5, 0.6) is 11.5 Å². The Labute approximate surface area is 151 Å². The molecule has 0 unspecified atom stereocenters. The fraction of sp³-hybridized carbons (Fsp3) is 0.467. The number of amides is 2. The van der Waals surface area contributed by atoms with Gasteiger partial charge in [0.1, 0.15) is 6.23 Å². The van der Waals surface area contributed by atoms with Crippen molar-refractivity contribution in [1.82, 2.24) is 14.9 Å². The first-order valence-electron chi connectivity index (χ1n) is 7.70. The first-order valence-corrected chi connectivity index (χ1v) is 9.14. The number of methoxy groups -OCH3 is 2. The van der Waals surface area contributed by atoms with E-state index in [1.807, 2.05) is 0 Å². The molecule has 10 nitrogen and oxygen atoms in total. The number of carbonyl (C=O) groups is 2. The summed E-state index contributed by atoms with van der Waals surface area (Å²) in [6.07, 6.45) is -0.915. The average molecular weight is 387 g/mol. The molecule has 11 heteroatoms. The lowest BCUT2D eigenvalue weighted by molar-refractivity contribution is -0.139. The average Bonchev–Trinajstić information content (AvgIpc) is 3.14. The van der Waals surface area contributed by atoms with Gasteiger partial charge in [0.15, 0.2) is 11.5 Å². The van der Waals surface area contributed by atoms with Crippen LogP contribution in [0, 0.1) is 0 Å². The zero-order valence-corrected chi connectivity index (χ0v) is 15.5. The number of hydrogen-bond acceptors (Lipinski definition) is 7. The van der Waals surface area contributed by atoms with Gasteiger partial charge in [0.25, 0.3) is 0 Å². The molecule has 1 fully saturated rings. The molecule has 0 aliphatic carbocycles. The predicted molar refractivity (Wildman–Crippen MR) is 90.3 cm³/mol. The number of nitrogens with one attached hydrogen (secondary N) is 2. The normalized spacial score (nSPS) is 17.6. The summed E-state index contributed by atoms with van der Waals surface area (Å²) in [4.78, 5) is 22.8. The maximum atomic E-state index is 12.9. The van der Waals surface area contributed by atoms with Gasteiger partial charge in [0.05, 0.1) is 32.3 Å². The van der Waals surface area contributed by atoms with Crippen LogP contribution in [0.1, 0.15) is 0 Å². The molecule has 0 aromatic heterocycles. The highest BCUT2D eigenvalue weighted by atomic mass is 32.2. The van der Waals surface area contributed by atoms with Gasteiger partial charge in [-0.3, -0.25) is 9.59 Å². The van der Waals surface area contributed by atoms with Crippen molar-refractivity contribution in [3.05, 3.63) is 18.2 Å². The number of rotatable bonds is 6. The Hall–Kier alpha value is -2.37. The van der Waals surface area contributed by atoms with Crippen molar-refractivity contribution < 1.29 is 32.2 Å². The van der Waals surface area contributed by atoms with Gasteiger partial charge in [0.2, 0.25) is 10.0 Å². The van der Waals surface area contributed by atoms with Crippen LogP contribution in [-0.4, -0.2) is 71.7 Å². The van der Waals surface area contributed by atoms with Crippen LogP contribution >= 0.6 is 0 Å². The van der Waals surface area contributed by atoms with E-state index in [2.05, 4.69) is 10.6 Å². The number of sulfonamides is 1. The number of benzene rings is 1. The monoisotopic (exact) mass is 387 g/mol. The standard InChI is InChI=1S/C15H21N3O7S/c1-16-14(19)15(20)17-9-13-18(6-7-25-13)26(21,22)10-4-5-11(23-2)12(8-10)24-3/h4-5,8,13H,6-7,9H2,1-3H3,(H,16,19)(H,17,20)/t13-/m1/s1. The Morgan fingerprint density at radius 3 is 2.54 bits per heavy atom. The predicted octanol–water partition coefficient (Wildman–Crippen LogP) is -1.09. The molecular weight excluding hydrogens is 366 g/mol. The van der Waals surface area contributed by atoms with E-state index in [0.29, 0.717) is 5.75 Å². The Bertz CT molecular complexity index is 781. The Kier molecular flexibility index (Phi) is 6.40. The fourth-order valence-electron chi connectivity index (χ4n) is 2.43. The molecule has 1 atom stereocenters. The summed E-state index contributed by atoms with van der Waals surface area (Å²) < 4.78 is 42.6. The third kappa shape index (κ3) is 4.06. The minimum absolute atomic E-state index is 0.00303. The molecular formula is C15H21N3O7S. The highest BCUT2D eigenvalue weighted by molar-refractivity contribution is 7.89. The van der Waals surface area contributed by atoms with Crippen LogP contribution in [0.15, 0.2) is 23.1 Å². The van der Waals surface area contributed by atoms with E-state index in [1.54, 1.807) is 0 Å². The molecule has 0 saturated carbocycles. The minimum atomic E-state index is -3.90. The van der Waals surface area contributed by atoms with E-state index < -0.39 is 28.1 Å². The van der Waals surface area contributed by atoms with Crippen molar-refractivity contribution in [3.8, 4) is 11.5 Å². The summed E-state index contributed by atoms with van der Waals surface area (Å²) in [5.41, 5.74) is 0. The molecule has 2 rings (SSSR count). The van der Waals surface area contributed by atoms with E-state index >= 15 is 0 Å². The topological polar surface area (TPSA) is 123 Å². The van der Waals surface area contributed by atoms with Gasteiger partial charge in [-0.15, -0.1) is 0 Å². The number of carbonyl (C=O) groups excluding carboxylic acids is 2. The lowest BCUT2D eigenvalue weighted by Gasteiger charge is -2.23. The number of likely N-dealkylation sites (N-methyl/N-ethyl adjacent to an activating group) is 1. The van der Waals surface area contributed by atoms with Crippen molar-refractivity contribution in [3.63, 3.8) is 0 Å². The van der Waals surface area contributed by atoms with Crippen molar-refractivity contribution in [2.75, 3.05) is 41.0 Å². The quantitative estimate of drug-likeness (QED) is 0.595. The number of nitrogens with zero attached hydrogens (tertiary/aromatic N) is 1. The maximum absolute atomic E-state index is 12.9. The van der Waals surface area contributed by atoms with Gasteiger partial charge in [-0.1, -0.05) is 0 Å². The molecule has 2 amide bonds. The van der Waals surface area contributed by atoms with E-state index in [-0.39, 0.29) is 30.3 Å². The Balaban J connectivity index is 2.19. The van der Waals surface area contributed by atoms with Crippen LogP contribution in [-0.2, 0) is 24.3 Å². The summed E-state index contributed by atoms with van der Waals surface area (Å²) in [6.45, 7) is 0.142. The summed E-state index contributed by atoms with van der Waals surface area (Å²) in [7, 11) is 0.280. The highest BCUT2D eigenvalue weighted by Gasteiger charge is 2.37. The van der Waals surface area contributed by atoms with Gasteiger partial charge >= 0.3 is 11.8 Å². The minimum Gasteiger partial charge on any atom is -0.493 e. The van der Waals surface area contributed by atoms with Crippen LogP contribution in [0.25, 0.3) is 0 Å². The summed E-state index contributed by atoms with van der Waals surface area (Å²) >= 11 is 0. The van der Waals surface area contributed by atoms with Crippen LogP contribution < -0.4 is 20.1 Å². The third-order valence-corrected chi connectivity index (χ3v) is 5.66. The zero-order chi connectivity index (χ0) is 19.3. The van der Waals surface area contributed by atoms with Gasteiger partial charge in [-0.25, -0.2) is 8.42 Å². The lowest BCUT2D eigenvalue weighted by Crippen LogP contribution is -2.46. The molecule has 1 aromatic carbocycles. The molecule has 2 N–H and O–H groups in total. The molecule has 0 spiro atoms. The first kappa shape index (κ1) is 19.9. The lowest BCUT2D eigenvalue weighted by atomic mass is 10.3. The molecule has 0 bridgehead atoms. The fourth-order valence-corrected chi connectivity index (χ4v) is 3.95. The Morgan fingerprint density at radius 2 is 1.92 bits per heavy atom. The second kappa shape index (κ2) is 8.34. The summed E-state index contributed by atoms with van der Waals surface area (Å²) in [6, 6.07) is 4.24. The van der Waals surface area contributed by atoms with Crippen molar-refractivity contribution in [2.45, 2.75) is 11.1 Å². The Morgan fingerprint density at radius 1 is 1.23 bits per heavy atom. The third-order valence-electron chi connectivity index (χ3n) is 3.78. The van der Waals surface area contributed by atoms with Crippen LogP contribution in [0.4, 0.5) is 0 Å². The van der Waals surface area contributed by atoms with E-state index in [1.165, 1.54) is 39.5 Å². The zero-order valence-electron chi connectivity index (χ0n) is 14.6. The van der Waals surface area contributed by atoms with Crippen molar-refractivity contribution in [1.29, 1.82) is 0 Å². The number of hydrogen-bond donors (Lipinski definition) is 2. The molecule has 1 aliphatic rings. The highest BCUT2D eigenvalue weighted by Crippen LogP contribution is 2.31. The second-order valence-electron chi connectivity index (χ2n) is 5.25. The molecule has 0 radical (unpaired) electrons. The maximum Gasteiger partial charge on any atom is 0.309 e. The van der Waals surface area contributed by atoms with E-state index in [4.69, 9.17) is 14.2 Å². The number of ether oxygens (including phenoxy) is 3. The van der Waals surface area contributed by atoms with Crippen LogP contribution in [0.2, 0.25) is 0 Å². The molecule has 144 valence electrons. The summed E-state index contributed by atoms with van der Waals surface area (Å²) in [5.74, 6) is -1.01. The van der Waals surface area contributed by atoms with Gasteiger partial charge in [-0.2, -0.15) is 4.31 Å². The van der Waals surface area contributed by atoms with Crippen molar-refractivity contribution >= 4 is 21.8 Å². The SMILES string of the molecule is CNC(=O)C(=O)NC[C@H]1OCCN1S(=O)(=O)c1ccc(OC)c(OC)c1. The molecule has 1 heterocycles. The van der Waals surface area contributed by atoms with Gasteiger partial charge in [-0.05, 0) is 12.1 Å². The smallest absolute Gasteiger partial charge is 0.309 e. The summed E-state index contributed by atoms with van der Waals surface area (Å²) in [5, 5.41) is 4.52. The molecule has 1 saturated heterocycles. The molecule has 1 aliphatic heterocycles. The molecule has 1 aromatic rings. The van der Waals surface area contributed by atoms with Crippen molar-refractivity contribution in [2.24, 2.45) is 0 Å². The van der Waals surface area contributed by atoms with Gasteiger partial charge < -0.3 is 24.8 Å². The van der Waals surface area contributed by atoms with E-state index in [0.717, 1.165) is 4.31 Å².